The maximum atomic E-state index is 11.2. The lowest BCUT2D eigenvalue weighted by Crippen LogP contribution is -2.01. The summed E-state index contributed by atoms with van der Waals surface area (Å²) < 4.78 is 4.61. The summed E-state index contributed by atoms with van der Waals surface area (Å²) in [5.41, 5.74) is 0.472. The lowest BCUT2D eigenvalue weighted by atomic mass is 10.2. The molecule has 0 amide bonds. The van der Waals surface area contributed by atoms with Gasteiger partial charge in [0.05, 0.1) is 7.11 Å². The summed E-state index contributed by atoms with van der Waals surface area (Å²) in [4.78, 5) is 18.0. The third-order valence-corrected chi connectivity index (χ3v) is 1.88. The molecular formula is C9H8N2O2. The number of nitrogens with one attached hydrogen (secondary N) is 1. The first-order valence-electron chi connectivity index (χ1n) is 3.82. The van der Waals surface area contributed by atoms with E-state index in [4.69, 9.17) is 0 Å². The molecule has 0 aliphatic carbocycles. The quantitative estimate of drug-likeness (QED) is 0.667. The molecule has 0 saturated heterocycles. The highest BCUT2D eigenvalue weighted by molar-refractivity contribution is 6.03. The summed E-state index contributed by atoms with van der Waals surface area (Å²) in [6.07, 6.45) is 5.06. The maximum Gasteiger partial charge on any atom is 0.355 e. The SMILES string of the molecule is COC(=O)c1[nH]cc2cnccc12. The molecule has 2 aromatic rings. The highest BCUT2D eigenvalue weighted by Crippen LogP contribution is 2.16. The summed E-state index contributed by atoms with van der Waals surface area (Å²) in [5, 5.41) is 1.74. The zero-order chi connectivity index (χ0) is 9.26. The molecule has 13 heavy (non-hydrogen) atoms. The second-order valence-corrected chi connectivity index (χ2v) is 2.62. The predicted octanol–water partition coefficient (Wildman–Crippen LogP) is 1.35. The third kappa shape index (κ3) is 1.16. The number of hydrogen-bond acceptors (Lipinski definition) is 3. The normalized spacial score (nSPS) is 10.2. The van der Waals surface area contributed by atoms with Gasteiger partial charge in [-0.25, -0.2) is 4.79 Å². The molecule has 1 N–H and O–H groups in total. The molecule has 0 fully saturated rings. The summed E-state index contributed by atoms with van der Waals surface area (Å²) in [6.45, 7) is 0. The number of rotatable bonds is 1. The minimum atomic E-state index is -0.360. The van der Waals surface area contributed by atoms with E-state index in [-0.39, 0.29) is 5.97 Å². The molecule has 4 nitrogen and oxygen atoms in total. The average molecular weight is 176 g/mol. The number of hydrogen-bond donors (Lipinski definition) is 1. The van der Waals surface area contributed by atoms with E-state index in [9.17, 15) is 4.79 Å². The fourth-order valence-corrected chi connectivity index (χ4v) is 1.25. The van der Waals surface area contributed by atoms with Crippen LogP contribution in [0.15, 0.2) is 24.7 Å². The van der Waals surface area contributed by atoms with Crippen molar-refractivity contribution in [3.05, 3.63) is 30.4 Å². The second kappa shape index (κ2) is 2.90. The molecule has 0 saturated carbocycles. The number of pyridine rings is 1. The van der Waals surface area contributed by atoms with E-state index in [0.717, 1.165) is 10.8 Å². The van der Waals surface area contributed by atoms with Crippen molar-refractivity contribution in [2.24, 2.45) is 0 Å². The highest BCUT2D eigenvalue weighted by atomic mass is 16.5. The number of ether oxygens (including phenoxy) is 1. The van der Waals surface area contributed by atoms with Gasteiger partial charge in [-0.3, -0.25) is 4.98 Å². The first-order chi connectivity index (χ1) is 6.33. The fraction of sp³-hybridized carbons (Fsp3) is 0.111. The molecule has 4 heteroatoms. The zero-order valence-corrected chi connectivity index (χ0v) is 7.07. The number of carbonyl (C=O) groups excluding carboxylic acids is 1. The summed E-state index contributed by atoms with van der Waals surface area (Å²) in [5.74, 6) is -0.360. The molecule has 0 aromatic carbocycles. The van der Waals surface area contributed by atoms with Crippen molar-refractivity contribution in [3.63, 3.8) is 0 Å². The number of aromatic amines is 1. The van der Waals surface area contributed by atoms with Gasteiger partial charge in [0.25, 0.3) is 0 Å². The van der Waals surface area contributed by atoms with E-state index in [0.29, 0.717) is 5.69 Å². The van der Waals surface area contributed by atoms with Gasteiger partial charge in [-0.2, -0.15) is 0 Å². The number of H-pyrrole nitrogens is 1. The van der Waals surface area contributed by atoms with Crippen LogP contribution in [-0.4, -0.2) is 23.0 Å². The van der Waals surface area contributed by atoms with E-state index in [2.05, 4.69) is 14.7 Å². The van der Waals surface area contributed by atoms with Gasteiger partial charge in [0.15, 0.2) is 0 Å². The number of nitrogens with zero attached hydrogens (tertiary/aromatic N) is 1. The van der Waals surface area contributed by atoms with Gasteiger partial charge >= 0.3 is 5.97 Å². The Hall–Kier alpha value is -1.84. The van der Waals surface area contributed by atoms with Crippen LogP contribution in [-0.2, 0) is 4.74 Å². The molecule has 0 bridgehead atoms. The molecule has 0 spiro atoms. The Kier molecular flexibility index (Phi) is 1.73. The Morgan fingerprint density at radius 2 is 2.46 bits per heavy atom. The summed E-state index contributed by atoms with van der Waals surface area (Å²) in [6, 6.07) is 1.78. The van der Waals surface area contributed by atoms with Crippen LogP contribution in [0.2, 0.25) is 0 Å². The van der Waals surface area contributed by atoms with E-state index in [1.54, 1.807) is 24.7 Å². The number of fused-ring (bicyclic) bond motifs is 1. The van der Waals surface area contributed by atoms with Crippen molar-refractivity contribution in [2.75, 3.05) is 7.11 Å². The topological polar surface area (TPSA) is 55.0 Å². The minimum absolute atomic E-state index is 0.360. The Labute approximate surface area is 74.5 Å². The number of esters is 1. The van der Waals surface area contributed by atoms with Gasteiger partial charge in [-0.05, 0) is 6.07 Å². The zero-order valence-electron chi connectivity index (χ0n) is 7.07. The van der Waals surface area contributed by atoms with Crippen molar-refractivity contribution in [1.82, 2.24) is 9.97 Å². The molecule has 2 rings (SSSR count). The fourth-order valence-electron chi connectivity index (χ4n) is 1.25. The van der Waals surface area contributed by atoms with E-state index < -0.39 is 0 Å². The minimum Gasteiger partial charge on any atom is -0.464 e. The number of methoxy groups -OCH3 is 1. The second-order valence-electron chi connectivity index (χ2n) is 2.62. The lowest BCUT2D eigenvalue weighted by molar-refractivity contribution is 0.0597. The smallest absolute Gasteiger partial charge is 0.355 e. The molecule has 2 heterocycles. The average Bonchev–Trinajstić information content (AvgIpc) is 2.60. The highest BCUT2D eigenvalue weighted by Gasteiger charge is 2.11. The van der Waals surface area contributed by atoms with E-state index in [1.807, 2.05) is 0 Å². The first kappa shape index (κ1) is 7.79. The van der Waals surface area contributed by atoms with Crippen molar-refractivity contribution in [3.8, 4) is 0 Å². The van der Waals surface area contributed by atoms with Gasteiger partial charge in [-0.1, -0.05) is 0 Å². The van der Waals surface area contributed by atoms with Crippen molar-refractivity contribution >= 4 is 16.7 Å². The molecule has 66 valence electrons. The van der Waals surface area contributed by atoms with Crippen molar-refractivity contribution in [2.45, 2.75) is 0 Å². The van der Waals surface area contributed by atoms with E-state index in [1.165, 1.54) is 7.11 Å². The van der Waals surface area contributed by atoms with Crippen LogP contribution < -0.4 is 0 Å². The number of carbonyl (C=O) groups is 1. The lowest BCUT2D eigenvalue weighted by Gasteiger charge is -1.95. The molecule has 2 aromatic heterocycles. The van der Waals surface area contributed by atoms with Crippen LogP contribution in [0.25, 0.3) is 10.8 Å². The first-order valence-corrected chi connectivity index (χ1v) is 3.82. The van der Waals surface area contributed by atoms with Crippen LogP contribution in [0, 0.1) is 0 Å². The molecule has 0 aliphatic rings. The largest absolute Gasteiger partial charge is 0.464 e. The van der Waals surface area contributed by atoms with Crippen LogP contribution >= 0.6 is 0 Å². The maximum absolute atomic E-state index is 11.2. The van der Waals surface area contributed by atoms with Crippen LogP contribution in [0.4, 0.5) is 0 Å². The van der Waals surface area contributed by atoms with Crippen LogP contribution in [0.3, 0.4) is 0 Å². The summed E-state index contributed by atoms with van der Waals surface area (Å²) >= 11 is 0. The van der Waals surface area contributed by atoms with Crippen LogP contribution in [0.5, 0.6) is 0 Å². The molecular weight excluding hydrogens is 168 g/mol. The van der Waals surface area contributed by atoms with Crippen molar-refractivity contribution in [1.29, 1.82) is 0 Å². The van der Waals surface area contributed by atoms with Gasteiger partial charge in [0, 0.05) is 29.4 Å². The van der Waals surface area contributed by atoms with Crippen molar-refractivity contribution < 1.29 is 9.53 Å². The predicted molar refractivity (Wildman–Crippen MR) is 47.4 cm³/mol. The molecule has 0 unspecified atom stereocenters. The van der Waals surface area contributed by atoms with Crippen LogP contribution in [0.1, 0.15) is 10.5 Å². The monoisotopic (exact) mass is 176 g/mol. The molecule has 0 radical (unpaired) electrons. The molecule has 0 aliphatic heterocycles. The Balaban J connectivity index is 2.64. The van der Waals surface area contributed by atoms with E-state index >= 15 is 0 Å². The standard InChI is InChI=1S/C9H8N2O2/c1-13-9(12)8-7-2-3-10-4-6(7)5-11-8/h2-5,11H,1H3. The van der Waals surface area contributed by atoms with Gasteiger partial charge < -0.3 is 9.72 Å². The van der Waals surface area contributed by atoms with Gasteiger partial charge in [-0.15, -0.1) is 0 Å². The van der Waals surface area contributed by atoms with Gasteiger partial charge in [0.1, 0.15) is 5.69 Å². The summed E-state index contributed by atoms with van der Waals surface area (Å²) in [7, 11) is 1.36. The third-order valence-electron chi connectivity index (χ3n) is 1.88. The number of aromatic nitrogens is 2. The Morgan fingerprint density at radius 1 is 1.62 bits per heavy atom. The Morgan fingerprint density at radius 3 is 3.23 bits per heavy atom. The Bertz CT molecular complexity index is 448. The van der Waals surface area contributed by atoms with Gasteiger partial charge in [0.2, 0.25) is 0 Å². The molecule has 0 atom stereocenters.